The summed E-state index contributed by atoms with van der Waals surface area (Å²) in [6.07, 6.45) is 4.22. The lowest BCUT2D eigenvalue weighted by molar-refractivity contribution is 0.0546. The number of aromatic nitrogens is 2. The molecular formula is C14H17BrN2O. The lowest BCUT2D eigenvalue weighted by atomic mass is 9.92. The molecule has 1 atom stereocenters. The first-order valence-corrected chi connectivity index (χ1v) is 6.80. The van der Waals surface area contributed by atoms with Crippen molar-refractivity contribution in [2.45, 2.75) is 32.4 Å². The van der Waals surface area contributed by atoms with E-state index in [0.29, 0.717) is 6.42 Å². The summed E-state index contributed by atoms with van der Waals surface area (Å²) in [6, 6.07) is 7.75. The Balaban J connectivity index is 2.23. The number of hydrogen-bond donors (Lipinski definition) is 1. The van der Waals surface area contributed by atoms with E-state index in [2.05, 4.69) is 27.8 Å². The zero-order valence-electron chi connectivity index (χ0n) is 10.6. The zero-order chi connectivity index (χ0) is 13.2. The highest BCUT2D eigenvalue weighted by Crippen LogP contribution is 2.26. The molecule has 1 heterocycles. The Morgan fingerprint density at radius 2 is 2.00 bits per heavy atom. The lowest BCUT2D eigenvalue weighted by Gasteiger charge is -2.24. The molecule has 1 aromatic heterocycles. The van der Waals surface area contributed by atoms with Gasteiger partial charge in [0, 0.05) is 29.8 Å². The van der Waals surface area contributed by atoms with Gasteiger partial charge in [0.2, 0.25) is 0 Å². The molecule has 0 amide bonds. The van der Waals surface area contributed by atoms with Gasteiger partial charge in [0.1, 0.15) is 5.82 Å². The standard InChI is InChI=1S/C14H17BrN2O/c1-3-17-9-8-16-13(17)10-14(2,18)11-4-6-12(15)7-5-11/h4-9,18H,3,10H2,1-2H3. The SMILES string of the molecule is CCn1ccnc1CC(C)(O)c1ccc(Br)cc1. The number of hydrogen-bond acceptors (Lipinski definition) is 2. The summed E-state index contributed by atoms with van der Waals surface area (Å²) in [4.78, 5) is 4.31. The number of aryl methyl sites for hydroxylation is 1. The van der Waals surface area contributed by atoms with E-state index < -0.39 is 5.60 Å². The smallest absolute Gasteiger partial charge is 0.111 e. The largest absolute Gasteiger partial charge is 0.385 e. The molecule has 2 rings (SSSR count). The second kappa shape index (κ2) is 5.24. The average Bonchev–Trinajstić information content (AvgIpc) is 2.76. The van der Waals surface area contributed by atoms with Gasteiger partial charge in [-0.1, -0.05) is 28.1 Å². The Morgan fingerprint density at radius 3 is 2.61 bits per heavy atom. The Kier molecular flexibility index (Phi) is 3.88. The third-order valence-corrected chi connectivity index (χ3v) is 3.64. The van der Waals surface area contributed by atoms with Gasteiger partial charge >= 0.3 is 0 Å². The lowest BCUT2D eigenvalue weighted by Crippen LogP contribution is -2.26. The van der Waals surface area contributed by atoms with E-state index in [0.717, 1.165) is 22.4 Å². The second-order valence-corrected chi connectivity index (χ2v) is 5.50. The molecule has 3 nitrogen and oxygen atoms in total. The van der Waals surface area contributed by atoms with E-state index >= 15 is 0 Å². The van der Waals surface area contributed by atoms with E-state index in [-0.39, 0.29) is 0 Å². The fourth-order valence-corrected chi connectivity index (χ4v) is 2.28. The van der Waals surface area contributed by atoms with Crippen LogP contribution in [0, 0.1) is 0 Å². The fraction of sp³-hybridized carbons (Fsp3) is 0.357. The molecule has 0 aliphatic carbocycles. The number of nitrogens with zero attached hydrogens (tertiary/aromatic N) is 2. The second-order valence-electron chi connectivity index (χ2n) is 4.59. The summed E-state index contributed by atoms with van der Waals surface area (Å²) in [5, 5.41) is 10.6. The summed E-state index contributed by atoms with van der Waals surface area (Å²) >= 11 is 3.40. The summed E-state index contributed by atoms with van der Waals surface area (Å²) in [7, 11) is 0. The first-order chi connectivity index (χ1) is 8.53. The van der Waals surface area contributed by atoms with Gasteiger partial charge in [-0.3, -0.25) is 0 Å². The van der Waals surface area contributed by atoms with Crippen LogP contribution in [0.5, 0.6) is 0 Å². The maximum absolute atomic E-state index is 10.6. The van der Waals surface area contributed by atoms with Crippen molar-refractivity contribution < 1.29 is 5.11 Å². The van der Waals surface area contributed by atoms with Crippen LogP contribution in [0.4, 0.5) is 0 Å². The van der Waals surface area contributed by atoms with Gasteiger partial charge in [-0.05, 0) is 31.5 Å². The van der Waals surface area contributed by atoms with Gasteiger partial charge in [0.15, 0.2) is 0 Å². The quantitative estimate of drug-likeness (QED) is 0.942. The number of halogens is 1. The highest BCUT2D eigenvalue weighted by molar-refractivity contribution is 9.10. The highest BCUT2D eigenvalue weighted by Gasteiger charge is 2.25. The molecule has 18 heavy (non-hydrogen) atoms. The zero-order valence-corrected chi connectivity index (χ0v) is 12.2. The highest BCUT2D eigenvalue weighted by atomic mass is 79.9. The van der Waals surface area contributed by atoms with Crippen LogP contribution in [0.2, 0.25) is 0 Å². The van der Waals surface area contributed by atoms with Crippen LogP contribution in [-0.2, 0) is 18.6 Å². The number of aliphatic hydroxyl groups is 1. The minimum Gasteiger partial charge on any atom is -0.385 e. The van der Waals surface area contributed by atoms with Crippen molar-refractivity contribution in [3.8, 4) is 0 Å². The molecule has 1 unspecified atom stereocenters. The molecule has 0 spiro atoms. The Bertz CT molecular complexity index is 517. The van der Waals surface area contributed by atoms with Crippen molar-refractivity contribution in [2.75, 3.05) is 0 Å². The van der Waals surface area contributed by atoms with Crippen LogP contribution in [0.1, 0.15) is 25.2 Å². The Morgan fingerprint density at radius 1 is 1.33 bits per heavy atom. The van der Waals surface area contributed by atoms with Gasteiger partial charge in [0.05, 0.1) is 5.60 Å². The molecular weight excluding hydrogens is 292 g/mol. The van der Waals surface area contributed by atoms with Crippen molar-refractivity contribution in [2.24, 2.45) is 0 Å². The fourth-order valence-electron chi connectivity index (χ4n) is 2.01. The van der Waals surface area contributed by atoms with Crippen LogP contribution < -0.4 is 0 Å². The molecule has 0 saturated carbocycles. The van der Waals surface area contributed by atoms with Crippen molar-refractivity contribution in [3.63, 3.8) is 0 Å². The van der Waals surface area contributed by atoms with Crippen molar-refractivity contribution in [1.82, 2.24) is 9.55 Å². The molecule has 1 N–H and O–H groups in total. The predicted octanol–water partition coefficient (Wildman–Crippen LogP) is 3.12. The Labute approximate surface area is 116 Å². The van der Waals surface area contributed by atoms with E-state index in [1.807, 2.05) is 42.0 Å². The van der Waals surface area contributed by atoms with Crippen LogP contribution in [0.25, 0.3) is 0 Å². The topological polar surface area (TPSA) is 38.0 Å². The van der Waals surface area contributed by atoms with Gasteiger partial charge in [0.25, 0.3) is 0 Å². The van der Waals surface area contributed by atoms with E-state index in [9.17, 15) is 5.11 Å². The molecule has 0 aliphatic rings. The van der Waals surface area contributed by atoms with Crippen molar-refractivity contribution in [3.05, 3.63) is 52.5 Å². The third-order valence-electron chi connectivity index (χ3n) is 3.11. The van der Waals surface area contributed by atoms with Gasteiger partial charge in [-0.2, -0.15) is 0 Å². The van der Waals surface area contributed by atoms with Gasteiger partial charge in [-0.15, -0.1) is 0 Å². The average molecular weight is 309 g/mol. The Hall–Kier alpha value is -1.13. The van der Waals surface area contributed by atoms with Crippen LogP contribution in [-0.4, -0.2) is 14.7 Å². The number of benzene rings is 1. The van der Waals surface area contributed by atoms with Crippen molar-refractivity contribution in [1.29, 1.82) is 0 Å². The molecule has 2 aromatic rings. The predicted molar refractivity (Wildman–Crippen MR) is 75.3 cm³/mol. The van der Waals surface area contributed by atoms with E-state index in [1.165, 1.54) is 0 Å². The molecule has 0 saturated heterocycles. The maximum Gasteiger partial charge on any atom is 0.111 e. The molecule has 0 fully saturated rings. The summed E-state index contributed by atoms with van der Waals surface area (Å²) in [5.74, 6) is 0.908. The minimum absolute atomic E-state index is 0.509. The molecule has 0 radical (unpaired) electrons. The first kappa shape index (κ1) is 13.3. The molecule has 1 aromatic carbocycles. The van der Waals surface area contributed by atoms with Crippen LogP contribution in [0.3, 0.4) is 0 Å². The summed E-state index contributed by atoms with van der Waals surface area (Å²) in [6.45, 7) is 4.76. The summed E-state index contributed by atoms with van der Waals surface area (Å²) < 4.78 is 3.06. The van der Waals surface area contributed by atoms with Gasteiger partial charge in [-0.25, -0.2) is 4.98 Å². The molecule has 4 heteroatoms. The molecule has 0 bridgehead atoms. The number of rotatable bonds is 4. The number of imidazole rings is 1. The summed E-state index contributed by atoms with van der Waals surface area (Å²) in [5.41, 5.74) is -0.00440. The van der Waals surface area contributed by atoms with Crippen LogP contribution in [0.15, 0.2) is 41.1 Å². The monoisotopic (exact) mass is 308 g/mol. The minimum atomic E-state index is -0.904. The van der Waals surface area contributed by atoms with E-state index in [1.54, 1.807) is 6.20 Å². The molecule has 96 valence electrons. The normalized spacial score (nSPS) is 14.4. The molecule has 0 aliphatic heterocycles. The van der Waals surface area contributed by atoms with Crippen LogP contribution >= 0.6 is 15.9 Å². The van der Waals surface area contributed by atoms with Crippen molar-refractivity contribution >= 4 is 15.9 Å². The third kappa shape index (κ3) is 2.82. The van der Waals surface area contributed by atoms with Gasteiger partial charge < -0.3 is 9.67 Å². The maximum atomic E-state index is 10.6. The first-order valence-electron chi connectivity index (χ1n) is 6.01. The van der Waals surface area contributed by atoms with E-state index in [4.69, 9.17) is 0 Å².